The first-order valence-corrected chi connectivity index (χ1v) is 8.92. The van der Waals surface area contributed by atoms with Crippen molar-refractivity contribution in [2.24, 2.45) is 0 Å². The summed E-state index contributed by atoms with van der Waals surface area (Å²) in [6, 6.07) is 9.11. The van der Waals surface area contributed by atoms with Gasteiger partial charge in [0.1, 0.15) is 17.4 Å². The maximum Gasteiger partial charge on any atom is 0.295 e. The molecule has 1 saturated heterocycles. The van der Waals surface area contributed by atoms with E-state index in [0.717, 1.165) is 12.1 Å². The van der Waals surface area contributed by atoms with E-state index in [4.69, 9.17) is 9.84 Å². The third-order valence-electron chi connectivity index (χ3n) is 4.56. The molecule has 0 radical (unpaired) electrons. The van der Waals surface area contributed by atoms with Gasteiger partial charge in [0.15, 0.2) is 0 Å². The number of rotatable bonds is 7. The summed E-state index contributed by atoms with van der Waals surface area (Å²) >= 11 is 0. The molecule has 1 amide bonds. The summed E-state index contributed by atoms with van der Waals surface area (Å²) in [4.78, 5) is 26.5. The van der Waals surface area contributed by atoms with Crippen molar-refractivity contribution in [3.05, 3.63) is 76.9 Å². The van der Waals surface area contributed by atoms with Crippen LogP contribution in [0, 0.1) is 11.6 Å². The Morgan fingerprint density at radius 2 is 1.55 bits per heavy atom. The molecular weight excluding hydrogens is 384 g/mol. The number of amides is 1. The number of Topliss-reactive ketones (excluding diaryl/α,β-unsaturated/α-hetero) is 1. The topological polar surface area (TPSA) is 87.1 Å². The predicted octanol–water partition coefficient (Wildman–Crippen LogP) is 2.40. The molecule has 1 heterocycles. The van der Waals surface area contributed by atoms with E-state index in [1.165, 1.54) is 41.3 Å². The maximum atomic E-state index is 13.4. The van der Waals surface area contributed by atoms with Crippen LogP contribution in [0.1, 0.15) is 17.2 Å². The fourth-order valence-corrected chi connectivity index (χ4v) is 3.20. The van der Waals surface area contributed by atoms with Gasteiger partial charge < -0.3 is 19.8 Å². The van der Waals surface area contributed by atoms with Crippen molar-refractivity contribution in [2.75, 3.05) is 26.4 Å². The second kappa shape index (κ2) is 8.93. The van der Waals surface area contributed by atoms with Crippen LogP contribution in [0.5, 0.6) is 0 Å². The Labute approximate surface area is 165 Å². The van der Waals surface area contributed by atoms with Crippen molar-refractivity contribution >= 4 is 17.4 Å². The second-order valence-corrected chi connectivity index (χ2v) is 6.39. The molecule has 8 heteroatoms. The monoisotopic (exact) mass is 403 g/mol. The van der Waals surface area contributed by atoms with Crippen molar-refractivity contribution in [1.29, 1.82) is 0 Å². The molecule has 1 aliphatic rings. The minimum absolute atomic E-state index is 0.0206. The number of likely N-dealkylation sites (tertiary alicyclic amines) is 1. The lowest BCUT2D eigenvalue weighted by Gasteiger charge is -2.25. The Morgan fingerprint density at radius 3 is 2.14 bits per heavy atom. The highest BCUT2D eigenvalue weighted by Gasteiger charge is 2.45. The van der Waals surface area contributed by atoms with E-state index in [1.54, 1.807) is 0 Å². The van der Waals surface area contributed by atoms with Gasteiger partial charge in [-0.15, -0.1) is 0 Å². The van der Waals surface area contributed by atoms with Crippen LogP contribution in [-0.2, 0) is 14.3 Å². The van der Waals surface area contributed by atoms with E-state index in [0.29, 0.717) is 5.56 Å². The molecule has 1 unspecified atom stereocenters. The molecule has 2 N–H and O–H groups in total. The second-order valence-electron chi connectivity index (χ2n) is 6.39. The normalized spacial score (nSPS) is 18.4. The summed E-state index contributed by atoms with van der Waals surface area (Å²) in [7, 11) is 0. The van der Waals surface area contributed by atoms with E-state index in [1.807, 2.05) is 0 Å². The molecule has 3 rings (SSSR count). The highest BCUT2D eigenvalue weighted by Crippen LogP contribution is 2.39. The van der Waals surface area contributed by atoms with Crippen LogP contribution in [0.2, 0.25) is 0 Å². The number of nitrogens with zero attached hydrogens (tertiary/aromatic N) is 1. The molecule has 0 aliphatic carbocycles. The fourth-order valence-electron chi connectivity index (χ4n) is 3.20. The average molecular weight is 403 g/mol. The smallest absolute Gasteiger partial charge is 0.295 e. The Hall–Kier alpha value is -3.10. The lowest BCUT2D eigenvalue weighted by molar-refractivity contribution is -0.140. The Bertz CT molecular complexity index is 925. The van der Waals surface area contributed by atoms with Gasteiger partial charge in [0.25, 0.3) is 11.7 Å². The van der Waals surface area contributed by atoms with Crippen molar-refractivity contribution in [3.63, 3.8) is 0 Å². The van der Waals surface area contributed by atoms with Gasteiger partial charge in [0.2, 0.25) is 0 Å². The molecular formula is C21H19F2NO5. The van der Waals surface area contributed by atoms with E-state index in [-0.39, 0.29) is 37.5 Å². The summed E-state index contributed by atoms with van der Waals surface area (Å²) in [6.07, 6.45) is 0. The number of hydrogen-bond donors (Lipinski definition) is 2. The van der Waals surface area contributed by atoms with Gasteiger partial charge in [-0.05, 0) is 42.0 Å². The van der Waals surface area contributed by atoms with E-state index in [2.05, 4.69) is 0 Å². The molecule has 2 aromatic carbocycles. The summed E-state index contributed by atoms with van der Waals surface area (Å²) in [5.41, 5.74) is 0.430. The van der Waals surface area contributed by atoms with Crippen molar-refractivity contribution in [2.45, 2.75) is 6.04 Å². The van der Waals surface area contributed by atoms with Crippen molar-refractivity contribution in [3.8, 4) is 0 Å². The third-order valence-corrected chi connectivity index (χ3v) is 4.56. The summed E-state index contributed by atoms with van der Waals surface area (Å²) in [5.74, 6) is -3.19. The van der Waals surface area contributed by atoms with Crippen LogP contribution in [0.3, 0.4) is 0 Å². The van der Waals surface area contributed by atoms with E-state index >= 15 is 0 Å². The number of carbonyl (C=O) groups is 2. The molecule has 0 aromatic heterocycles. The average Bonchev–Trinajstić information content (AvgIpc) is 2.96. The Kier molecular flexibility index (Phi) is 6.36. The minimum atomic E-state index is -0.960. The molecule has 152 valence electrons. The van der Waals surface area contributed by atoms with E-state index in [9.17, 15) is 23.5 Å². The van der Waals surface area contributed by atoms with Crippen LogP contribution in [0.4, 0.5) is 8.78 Å². The van der Waals surface area contributed by atoms with Crippen molar-refractivity contribution in [1.82, 2.24) is 4.90 Å². The van der Waals surface area contributed by atoms with Gasteiger partial charge in [0, 0.05) is 12.1 Å². The van der Waals surface area contributed by atoms with Crippen LogP contribution in [0.25, 0.3) is 5.76 Å². The van der Waals surface area contributed by atoms with Gasteiger partial charge in [0.05, 0.1) is 31.4 Å². The number of ketones is 1. The Balaban J connectivity index is 2.05. The lowest BCUT2D eigenvalue weighted by atomic mass is 9.95. The van der Waals surface area contributed by atoms with Crippen molar-refractivity contribution < 1.29 is 33.3 Å². The summed E-state index contributed by atoms with van der Waals surface area (Å²) < 4.78 is 31.8. The summed E-state index contributed by atoms with van der Waals surface area (Å²) in [5, 5.41) is 19.5. The number of carbonyl (C=O) groups excluding carboxylic acids is 2. The molecule has 1 fully saturated rings. The molecule has 1 aliphatic heterocycles. The number of benzene rings is 2. The summed E-state index contributed by atoms with van der Waals surface area (Å²) in [6.45, 7) is -0.0415. The Morgan fingerprint density at radius 1 is 0.966 bits per heavy atom. The van der Waals surface area contributed by atoms with Crippen LogP contribution in [0.15, 0.2) is 54.1 Å². The lowest BCUT2D eigenvalue weighted by Crippen LogP contribution is -2.33. The molecule has 0 spiro atoms. The largest absolute Gasteiger partial charge is 0.507 e. The highest BCUT2D eigenvalue weighted by atomic mass is 19.1. The fraction of sp³-hybridized carbons (Fsp3) is 0.238. The zero-order valence-corrected chi connectivity index (χ0v) is 15.3. The van der Waals surface area contributed by atoms with E-state index < -0.39 is 35.1 Å². The standard InChI is InChI=1S/C21H19F2NO5/c22-15-5-1-13(2-6-15)18-17(19(26)14-3-7-16(23)8-4-14)20(27)21(28)24(18)9-11-29-12-10-25/h1-8,18,25-26H,9-12H2/b19-17+. The molecule has 0 saturated carbocycles. The number of ether oxygens (including phenoxy) is 1. The minimum Gasteiger partial charge on any atom is -0.507 e. The maximum absolute atomic E-state index is 13.4. The molecule has 2 aromatic rings. The molecule has 29 heavy (non-hydrogen) atoms. The first-order valence-electron chi connectivity index (χ1n) is 8.92. The van der Waals surface area contributed by atoms with Crippen LogP contribution in [-0.4, -0.2) is 53.2 Å². The number of aliphatic hydroxyl groups is 2. The van der Waals surface area contributed by atoms with Crippen LogP contribution < -0.4 is 0 Å². The first-order chi connectivity index (χ1) is 13.9. The number of hydrogen-bond acceptors (Lipinski definition) is 5. The molecule has 6 nitrogen and oxygen atoms in total. The first kappa shape index (κ1) is 20.6. The van der Waals surface area contributed by atoms with Gasteiger partial charge in [-0.25, -0.2) is 8.78 Å². The zero-order valence-electron chi connectivity index (χ0n) is 15.3. The van der Waals surface area contributed by atoms with Crippen LogP contribution >= 0.6 is 0 Å². The molecule has 0 bridgehead atoms. The zero-order chi connectivity index (χ0) is 21.0. The predicted molar refractivity (Wildman–Crippen MR) is 99.7 cm³/mol. The van der Waals surface area contributed by atoms with Gasteiger partial charge in [-0.2, -0.15) is 0 Å². The van der Waals surface area contributed by atoms with Gasteiger partial charge >= 0.3 is 0 Å². The highest BCUT2D eigenvalue weighted by molar-refractivity contribution is 6.46. The SMILES string of the molecule is O=C1C(=O)N(CCOCCO)C(c2ccc(F)cc2)/C1=C(\O)c1ccc(F)cc1. The molecule has 1 atom stereocenters. The third kappa shape index (κ3) is 4.33. The number of aliphatic hydroxyl groups excluding tert-OH is 2. The van der Waals surface area contributed by atoms with Gasteiger partial charge in [-0.3, -0.25) is 9.59 Å². The van der Waals surface area contributed by atoms with Gasteiger partial charge in [-0.1, -0.05) is 12.1 Å². The quantitative estimate of drug-likeness (QED) is 0.321. The number of halogens is 2.